The summed E-state index contributed by atoms with van der Waals surface area (Å²) in [6.07, 6.45) is 4.73. The van der Waals surface area contributed by atoms with Crippen LogP contribution < -0.4 is 5.73 Å². The number of carbonyl (C=O) groups is 1. The number of anilines is 1. The van der Waals surface area contributed by atoms with Crippen LogP contribution in [0.15, 0.2) is 24.7 Å². The first-order valence-corrected chi connectivity index (χ1v) is 5.84. The van der Waals surface area contributed by atoms with E-state index in [-0.39, 0.29) is 18.0 Å². The number of carbonyl (C=O) groups excluding carboxylic acids is 1. The number of hydrogen-bond donors (Lipinski definition) is 1. The Balaban J connectivity index is 2.39. The van der Waals surface area contributed by atoms with Crippen LogP contribution in [0.25, 0.3) is 11.4 Å². The third-order valence-corrected chi connectivity index (χ3v) is 2.59. The standard InChI is InChI=1S/C13H14N4O2/c1-3-19-13(18)10-7-16-12(17-11(10)14)9-6-15-5-4-8(9)2/h4-7H,3H2,1-2H3,(H2,14,16,17). The van der Waals surface area contributed by atoms with Gasteiger partial charge < -0.3 is 10.5 Å². The van der Waals surface area contributed by atoms with Crippen LogP contribution in [0, 0.1) is 6.92 Å². The van der Waals surface area contributed by atoms with Crippen molar-refractivity contribution >= 4 is 11.8 Å². The first kappa shape index (κ1) is 12.9. The molecule has 0 aliphatic heterocycles. The summed E-state index contributed by atoms with van der Waals surface area (Å²) in [6, 6.07) is 1.86. The van der Waals surface area contributed by atoms with E-state index < -0.39 is 5.97 Å². The molecule has 6 heteroatoms. The average Bonchev–Trinajstić information content (AvgIpc) is 2.39. The van der Waals surface area contributed by atoms with E-state index in [9.17, 15) is 4.79 Å². The second-order valence-corrected chi connectivity index (χ2v) is 3.90. The van der Waals surface area contributed by atoms with Crippen molar-refractivity contribution in [2.75, 3.05) is 12.3 Å². The van der Waals surface area contributed by atoms with Crippen LogP contribution in [0.3, 0.4) is 0 Å². The molecule has 0 bridgehead atoms. The molecule has 2 aromatic rings. The third-order valence-electron chi connectivity index (χ3n) is 2.59. The summed E-state index contributed by atoms with van der Waals surface area (Å²) in [7, 11) is 0. The van der Waals surface area contributed by atoms with Crippen molar-refractivity contribution in [3.8, 4) is 11.4 Å². The molecule has 98 valence electrons. The van der Waals surface area contributed by atoms with Gasteiger partial charge in [-0.05, 0) is 25.5 Å². The Morgan fingerprint density at radius 2 is 2.21 bits per heavy atom. The highest BCUT2D eigenvalue weighted by Crippen LogP contribution is 2.20. The zero-order chi connectivity index (χ0) is 13.8. The molecule has 0 saturated heterocycles. The van der Waals surface area contributed by atoms with E-state index in [4.69, 9.17) is 10.5 Å². The first-order chi connectivity index (χ1) is 9.13. The van der Waals surface area contributed by atoms with Crippen LogP contribution in [0.2, 0.25) is 0 Å². The molecule has 2 aromatic heterocycles. The van der Waals surface area contributed by atoms with E-state index in [1.807, 2.05) is 13.0 Å². The van der Waals surface area contributed by atoms with Gasteiger partial charge in [0, 0.05) is 24.2 Å². The van der Waals surface area contributed by atoms with E-state index in [1.54, 1.807) is 19.3 Å². The molecule has 19 heavy (non-hydrogen) atoms. The minimum Gasteiger partial charge on any atom is -0.462 e. The molecule has 0 aliphatic carbocycles. The quantitative estimate of drug-likeness (QED) is 0.841. The number of aromatic nitrogens is 3. The second-order valence-electron chi connectivity index (χ2n) is 3.90. The predicted octanol–water partition coefficient (Wildman–Crippen LogP) is 1.61. The van der Waals surface area contributed by atoms with Crippen molar-refractivity contribution in [3.05, 3.63) is 35.8 Å². The highest BCUT2D eigenvalue weighted by molar-refractivity contribution is 5.94. The summed E-state index contributed by atoms with van der Waals surface area (Å²) in [4.78, 5) is 23.9. The average molecular weight is 258 g/mol. The molecule has 0 spiro atoms. The normalized spacial score (nSPS) is 10.2. The molecular weight excluding hydrogens is 244 g/mol. The van der Waals surface area contributed by atoms with Crippen LogP contribution >= 0.6 is 0 Å². The summed E-state index contributed by atoms with van der Waals surface area (Å²) in [5.74, 6) is 0.0253. The Morgan fingerprint density at radius 3 is 2.84 bits per heavy atom. The number of ether oxygens (including phenoxy) is 1. The molecule has 0 amide bonds. The largest absolute Gasteiger partial charge is 0.462 e. The maximum absolute atomic E-state index is 11.6. The van der Waals surface area contributed by atoms with Crippen molar-refractivity contribution in [3.63, 3.8) is 0 Å². The fraction of sp³-hybridized carbons (Fsp3) is 0.231. The van der Waals surface area contributed by atoms with Crippen LogP contribution in [0.5, 0.6) is 0 Å². The van der Waals surface area contributed by atoms with Gasteiger partial charge in [0.15, 0.2) is 5.82 Å². The number of hydrogen-bond acceptors (Lipinski definition) is 6. The number of nitrogens with zero attached hydrogens (tertiary/aromatic N) is 3. The molecule has 0 atom stereocenters. The lowest BCUT2D eigenvalue weighted by molar-refractivity contribution is 0.0527. The number of esters is 1. The minimum atomic E-state index is -0.519. The van der Waals surface area contributed by atoms with Gasteiger partial charge >= 0.3 is 5.97 Å². The molecule has 0 aliphatic rings. The molecule has 0 saturated carbocycles. The Hall–Kier alpha value is -2.50. The maximum atomic E-state index is 11.6. The van der Waals surface area contributed by atoms with Crippen LogP contribution in [-0.2, 0) is 4.74 Å². The summed E-state index contributed by atoms with van der Waals surface area (Å²) in [6.45, 7) is 3.93. The SMILES string of the molecule is CCOC(=O)c1cnc(-c2cnccc2C)nc1N. The van der Waals surface area contributed by atoms with Gasteiger partial charge in [-0.1, -0.05) is 0 Å². The van der Waals surface area contributed by atoms with Crippen LogP contribution in [0.1, 0.15) is 22.8 Å². The fourth-order valence-corrected chi connectivity index (χ4v) is 1.59. The van der Waals surface area contributed by atoms with Gasteiger partial charge in [0.25, 0.3) is 0 Å². The number of nitrogens with two attached hydrogens (primary N) is 1. The predicted molar refractivity (Wildman–Crippen MR) is 70.4 cm³/mol. The van der Waals surface area contributed by atoms with E-state index in [0.29, 0.717) is 5.82 Å². The van der Waals surface area contributed by atoms with Crippen molar-refractivity contribution in [1.82, 2.24) is 15.0 Å². The Bertz CT molecular complexity index is 613. The zero-order valence-corrected chi connectivity index (χ0v) is 10.8. The van der Waals surface area contributed by atoms with Gasteiger partial charge in [-0.2, -0.15) is 0 Å². The van der Waals surface area contributed by atoms with Gasteiger partial charge in [0.05, 0.1) is 6.61 Å². The minimum absolute atomic E-state index is 0.103. The van der Waals surface area contributed by atoms with Gasteiger partial charge in [-0.15, -0.1) is 0 Å². The molecular formula is C13H14N4O2. The number of rotatable bonds is 3. The van der Waals surface area contributed by atoms with E-state index >= 15 is 0 Å². The van der Waals surface area contributed by atoms with Crippen LogP contribution in [-0.4, -0.2) is 27.5 Å². The Labute approximate surface area is 110 Å². The van der Waals surface area contributed by atoms with Crippen LogP contribution in [0.4, 0.5) is 5.82 Å². The van der Waals surface area contributed by atoms with Gasteiger partial charge in [0.2, 0.25) is 0 Å². The van der Waals surface area contributed by atoms with E-state index in [2.05, 4.69) is 15.0 Å². The molecule has 0 unspecified atom stereocenters. The highest BCUT2D eigenvalue weighted by atomic mass is 16.5. The molecule has 0 aromatic carbocycles. The Kier molecular flexibility index (Phi) is 3.70. The smallest absolute Gasteiger partial charge is 0.343 e. The molecule has 0 fully saturated rings. The van der Waals surface area contributed by atoms with Gasteiger partial charge in [-0.3, -0.25) is 4.98 Å². The summed E-state index contributed by atoms with van der Waals surface area (Å²) >= 11 is 0. The highest BCUT2D eigenvalue weighted by Gasteiger charge is 2.14. The van der Waals surface area contributed by atoms with Crippen molar-refractivity contribution < 1.29 is 9.53 Å². The Morgan fingerprint density at radius 1 is 1.42 bits per heavy atom. The molecule has 2 rings (SSSR count). The zero-order valence-electron chi connectivity index (χ0n) is 10.8. The summed E-state index contributed by atoms with van der Waals surface area (Å²) < 4.78 is 4.87. The second kappa shape index (κ2) is 5.43. The van der Waals surface area contributed by atoms with E-state index in [0.717, 1.165) is 11.1 Å². The molecule has 6 nitrogen and oxygen atoms in total. The maximum Gasteiger partial charge on any atom is 0.343 e. The summed E-state index contributed by atoms with van der Waals surface area (Å²) in [5.41, 5.74) is 7.71. The van der Waals surface area contributed by atoms with Crippen molar-refractivity contribution in [2.24, 2.45) is 0 Å². The third kappa shape index (κ3) is 2.67. The number of pyridine rings is 1. The van der Waals surface area contributed by atoms with Gasteiger partial charge in [0.1, 0.15) is 11.4 Å². The first-order valence-electron chi connectivity index (χ1n) is 5.84. The summed E-state index contributed by atoms with van der Waals surface area (Å²) in [5, 5.41) is 0. The number of nitrogen functional groups attached to an aromatic ring is 1. The molecule has 2 N–H and O–H groups in total. The lowest BCUT2D eigenvalue weighted by Crippen LogP contribution is -2.11. The van der Waals surface area contributed by atoms with E-state index in [1.165, 1.54) is 6.20 Å². The topological polar surface area (TPSA) is 91.0 Å². The molecule has 2 heterocycles. The lowest BCUT2D eigenvalue weighted by Gasteiger charge is -2.07. The lowest BCUT2D eigenvalue weighted by atomic mass is 10.1. The van der Waals surface area contributed by atoms with Crippen molar-refractivity contribution in [1.29, 1.82) is 0 Å². The number of aryl methyl sites for hydroxylation is 1. The van der Waals surface area contributed by atoms with Crippen molar-refractivity contribution in [2.45, 2.75) is 13.8 Å². The fourth-order valence-electron chi connectivity index (χ4n) is 1.59. The van der Waals surface area contributed by atoms with Gasteiger partial charge in [-0.25, -0.2) is 14.8 Å². The monoisotopic (exact) mass is 258 g/mol. The molecule has 0 radical (unpaired) electrons.